The Bertz CT molecular complexity index is 1430. The molecule has 2 aromatic carbocycles. The van der Waals surface area contributed by atoms with Crippen molar-refractivity contribution in [2.24, 2.45) is 0 Å². The van der Waals surface area contributed by atoms with E-state index in [0.29, 0.717) is 22.2 Å². The lowest BCUT2D eigenvalue weighted by Gasteiger charge is -2.15. The summed E-state index contributed by atoms with van der Waals surface area (Å²) in [4.78, 5) is 31.8. The van der Waals surface area contributed by atoms with Crippen molar-refractivity contribution in [1.82, 2.24) is 9.97 Å². The molecule has 0 fully saturated rings. The third-order valence-corrected chi connectivity index (χ3v) is 5.01. The molecule has 4 aromatic rings. The molecule has 0 amide bonds. The van der Waals surface area contributed by atoms with Crippen molar-refractivity contribution < 1.29 is 22.7 Å². The Hall–Kier alpha value is -3.91. The van der Waals surface area contributed by atoms with Crippen molar-refractivity contribution in [3.05, 3.63) is 99.6 Å². The Kier molecular flexibility index (Phi) is 6.02. The lowest BCUT2D eigenvalue weighted by atomic mass is 9.97. The number of halogens is 4. The maximum Gasteiger partial charge on any atom is 0.573 e. The van der Waals surface area contributed by atoms with E-state index < -0.39 is 23.5 Å². The third-order valence-electron chi connectivity index (χ3n) is 4.69. The highest BCUT2D eigenvalue weighted by atomic mass is 35.5. The fourth-order valence-corrected chi connectivity index (χ4v) is 3.57. The first-order valence-corrected chi connectivity index (χ1v) is 9.94. The van der Waals surface area contributed by atoms with Crippen LogP contribution in [0.2, 0.25) is 5.02 Å². The molecule has 5 nitrogen and oxygen atoms in total. The summed E-state index contributed by atoms with van der Waals surface area (Å²) in [6, 6.07) is 15.3. The summed E-state index contributed by atoms with van der Waals surface area (Å²) in [6.07, 6.45) is -1.06. The number of benzene rings is 2. The molecule has 0 radical (unpaired) electrons. The number of rotatable bonds is 5. The van der Waals surface area contributed by atoms with Gasteiger partial charge in [-0.3, -0.25) is 14.6 Å². The highest BCUT2D eigenvalue weighted by Gasteiger charge is 2.33. The molecule has 0 saturated carbocycles. The monoisotopic (exact) mass is 470 g/mol. The second-order valence-electron chi connectivity index (χ2n) is 6.92. The number of nitrogens with one attached hydrogen (secondary N) is 1. The summed E-state index contributed by atoms with van der Waals surface area (Å²) in [5.41, 5.74) is 0.721. The number of alkyl halides is 3. The number of nitrogens with zero attached hydrogens (tertiary/aromatic N) is 1. The number of para-hydroxylation sites is 1. The fraction of sp³-hybridized carbons (Fsp3) is 0.0417. The molecule has 2 aromatic heterocycles. The zero-order valence-corrected chi connectivity index (χ0v) is 17.4. The van der Waals surface area contributed by atoms with Crippen LogP contribution in [0.1, 0.15) is 16.1 Å². The van der Waals surface area contributed by atoms with Crippen LogP contribution in [0, 0.1) is 0 Å². The van der Waals surface area contributed by atoms with E-state index in [0.717, 1.165) is 12.1 Å². The Balaban J connectivity index is 1.88. The van der Waals surface area contributed by atoms with Crippen molar-refractivity contribution in [1.29, 1.82) is 0 Å². The second-order valence-corrected chi connectivity index (χ2v) is 7.33. The number of pyridine rings is 2. The van der Waals surface area contributed by atoms with Crippen molar-refractivity contribution in [3.8, 4) is 16.9 Å². The number of ketones is 1. The van der Waals surface area contributed by atoms with Gasteiger partial charge in [-0.15, -0.1) is 13.2 Å². The summed E-state index contributed by atoms with van der Waals surface area (Å²) in [6.45, 7) is 0. The summed E-state index contributed by atoms with van der Waals surface area (Å²) in [5, 5.41) is 0.487. The number of carbonyl (C=O) groups excluding carboxylic acids is 1. The van der Waals surface area contributed by atoms with Gasteiger partial charge in [0.15, 0.2) is 5.78 Å². The van der Waals surface area contributed by atoms with E-state index in [2.05, 4.69) is 14.7 Å². The molecule has 0 saturated heterocycles. The van der Waals surface area contributed by atoms with E-state index in [4.69, 9.17) is 11.6 Å². The van der Waals surface area contributed by atoms with Gasteiger partial charge in [-0.05, 0) is 42.0 Å². The van der Waals surface area contributed by atoms with E-state index >= 15 is 0 Å². The second kappa shape index (κ2) is 8.91. The molecule has 0 aliphatic carbocycles. The molecular weight excluding hydrogens is 457 g/mol. The van der Waals surface area contributed by atoms with Gasteiger partial charge in [0.25, 0.3) is 0 Å². The lowest BCUT2D eigenvalue weighted by Crippen LogP contribution is -2.19. The van der Waals surface area contributed by atoms with Crippen LogP contribution in [0.25, 0.3) is 28.1 Å². The Morgan fingerprint density at radius 3 is 2.52 bits per heavy atom. The highest BCUT2D eigenvalue weighted by molar-refractivity contribution is 6.34. The normalized spacial score (nSPS) is 11.8. The van der Waals surface area contributed by atoms with Crippen LogP contribution in [0.15, 0.2) is 77.7 Å². The average molecular weight is 471 g/mol. The summed E-state index contributed by atoms with van der Waals surface area (Å²) < 4.78 is 43.1. The van der Waals surface area contributed by atoms with Crippen molar-refractivity contribution >= 4 is 34.4 Å². The van der Waals surface area contributed by atoms with Crippen LogP contribution >= 0.6 is 11.6 Å². The quantitative estimate of drug-likeness (QED) is 0.285. The third kappa shape index (κ3) is 5.12. The minimum Gasteiger partial charge on any atom is -0.405 e. The van der Waals surface area contributed by atoms with E-state index in [1.807, 2.05) is 0 Å². The maximum absolute atomic E-state index is 13.0. The highest BCUT2D eigenvalue weighted by Crippen LogP contribution is 2.38. The van der Waals surface area contributed by atoms with Crippen LogP contribution in [0.5, 0.6) is 5.75 Å². The van der Waals surface area contributed by atoms with Crippen molar-refractivity contribution in [2.45, 2.75) is 6.36 Å². The van der Waals surface area contributed by atoms with Gasteiger partial charge >= 0.3 is 6.36 Å². The van der Waals surface area contributed by atoms with Gasteiger partial charge in [-0.25, -0.2) is 0 Å². The van der Waals surface area contributed by atoms with E-state index in [1.165, 1.54) is 24.4 Å². The van der Waals surface area contributed by atoms with Crippen molar-refractivity contribution in [2.75, 3.05) is 0 Å². The number of hydrogen-bond donors (Lipinski definition) is 1. The predicted octanol–water partition coefficient (Wildman–Crippen LogP) is 6.04. The molecule has 0 aliphatic heterocycles. The van der Waals surface area contributed by atoms with Crippen LogP contribution < -0.4 is 10.3 Å². The number of H-pyrrole nitrogens is 1. The first-order valence-electron chi connectivity index (χ1n) is 9.56. The zero-order valence-electron chi connectivity index (χ0n) is 16.7. The fourth-order valence-electron chi connectivity index (χ4n) is 3.32. The standard InChI is InChI=1S/C24H14ClF3N2O3/c25-19-13-22(33-24(26,27)28)18(21(31)9-8-14-5-3-4-10-29-14)11-17(19)16-12-23(32)30-20-7-2-1-6-15(16)20/h1-13H,(H,30,32)/b9-8+. The molecule has 166 valence electrons. The number of ether oxygens (including phenoxy) is 1. The molecule has 33 heavy (non-hydrogen) atoms. The van der Waals surface area contributed by atoms with Crippen LogP contribution in [-0.2, 0) is 0 Å². The van der Waals surface area contributed by atoms with Gasteiger partial charge in [0.2, 0.25) is 5.56 Å². The maximum atomic E-state index is 13.0. The number of allylic oxidation sites excluding steroid dienone is 1. The van der Waals surface area contributed by atoms with E-state index in [9.17, 15) is 22.8 Å². The first kappa shape index (κ1) is 22.3. The van der Waals surface area contributed by atoms with Crippen LogP contribution in [0.4, 0.5) is 13.2 Å². The smallest absolute Gasteiger partial charge is 0.405 e. The van der Waals surface area contributed by atoms with Crippen LogP contribution in [0.3, 0.4) is 0 Å². The molecule has 4 rings (SSSR count). The Labute approximate surface area is 190 Å². The number of fused-ring (bicyclic) bond motifs is 1. The molecule has 0 spiro atoms. The van der Waals surface area contributed by atoms with Gasteiger partial charge in [-0.1, -0.05) is 35.9 Å². The largest absolute Gasteiger partial charge is 0.573 e. The van der Waals surface area contributed by atoms with E-state index in [-0.39, 0.29) is 16.1 Å². The zero-order chi connectivity index (χ0) is 23.6. The molecule has 2 heterocycles. The Morgan fingerprint density at radius 1 is 1.03 bits per heavy atom. The van der Waals surface area contributed by atoms with Gasteiger partial charge in [0.1, 0.15) is 5.75 Å². The molecule has 0 unspecified atom stereocenters. The number of aromatic amines is 1. The minimum atomic E-state index is -5.04. The average Bonchev–Trinajstić information content (AvgIpc) is 2.77. The summed E-state index contributed by atoms with van der Waals surface area (Å²) in [5.74, 6) is -1.51. The SMILES string of the molecule is O=C(/C=C/c1ccccn1)c1cc(-c2cc(=O)[nH]c3ccccc23)c(Cl)cc1OC(F)(F)F. The molecule has 9 heteroatoms. The molecule has 0 aliphatic rings. The van der Waals surface area contributed by atoms with Crippen LogP contribution in [-0.4, -0.2) is 22.1 Å². The summed E-state index contributed by atoms with van der Waals surface area (Å²) >= 11 is 6.30. The van der Waals surface area contributed by atoms with Gasteiger partial charge in [0, 0.05) is 34.8 Å². The molecule has 0 bridgehead atoms. The number of hydrogen-bond acceptors (Lipinski definition) is 4. The molecular formula is C24H14ClF3N2O3. The first-order chi connectivity index (χ1) is 15.7. The number of aromatic nitrogens is 2. The van der Waals surface area contributed by atoms with Gasteiger partial charge in [-0.2, -0.15) is 0 Å². The Morgan fingerprint density at radius 2 is 1.79 bits per heavy atom. The summed E-state index contributed by atoms with van der Waals surface area (Å²) in [7, 11) is 0. The van der Waals surface area contributed by atoms with E-state index in [1.54, 1.807) is 42.5 Å². The van der Waals surface area contributed by atoms with Crippen molar-refractivity contribution in [3.63, 3.8) is 0 Å². The molecule has 1 N–H and O–H groups in total. The van der Waals surface area contributed by atoms with Gasteiger partial charge < -0.3 is 9.72 Å². The minimum absolute atomic E-state index is 0.116. The topological polar surface area (TPSA) is 72.0 Å². The number of carbonyl (C=O) groups is 1. The predicted molar refractivity (Wildman–Crippen MR) is 119 cm³/mol. The molecule has 0 atom stereocenters. The van der Waals surface area contributed by atoms with Gasteiger partial charge in [0.05, 0.1) is 16.3 Å². The lowest BCUT2D eigenvalue weighted by molar-refractivity contribution is -0.274.